The standard InChI is InChI=1S/C28H22Cl3N3O2S/c1-16-22(14-32-33(16)2)18-6-4-17(5-7-18)15-34-24-11-20(30)12-27(21(24)13-25(34)28(35)36-3)37-26-9-8-19(29)10-23(26)31/h4-14H,15H2,1-3H3. The number of esters is 1. The first-order valence-electron chi connectivity index (χ1n) is 11.4. The summed E-state index contributed by atoms with van der Waals surface area (Å²) in [6, 6.07) is 19.2. The van der Waals surface area contributed by atoms with Crippen LogP contribution in [0.15, 0.2) is 76.7 Å². The second kappa shape index (κ2) is 10.5. The van der Waals surface area contributed by atoms with Crippen LogP contribution in [0.4, 0.5) is 0 Å². The molecule has 0 saturated heterocycles. The predicted molar refractivity (Wildman–Crippen MR) is 151 cm³/mol. The van der Waals surface area contributed by atoms with E-state index >= 15 is 0 Å². The van der Waals surface area contributed by atoms with Crippen LogP contribution in [0, 0.1) is 6.92 Å². The van der Waals surface area contributed by atoms with Gasteiger partial charge in [-0.15, -0.1) is 0 Å². The number of ether oxygens (including phenoxy) is 1. The summed E-state index contributed by atoms with van der Waals surface area (Å²) in [5.74, 6) is -0.421. The number of aryl methyl sites for hydroxylation is 1. The summed E-state index contributed by atoms with van der Waals surface area (Å²) in [5, 5.41) is 6.88. The van der Waals surface area contributed by atoms with Crippen molar-refractivity contribution in [1.82, 2.24) is 14.3 Å². The average molecular weight is 571 g/mol. The highest BCUT2D eigenvalue weighted by molar-refractivity contribution is 7.99. The zero-order valence-corrected chi connectivity index (χ0v) is 23.3. The summed E-state index contributed by atoms with van der Waals surface area (Å²) < 4.78 is 8.90. The SMILES string of the molecule is COC(=O)c1cc2c(Sc3ccc(Cl)cc3Cl)cc(Cl)cc2n1Cc1ccc(-c2cnn(C)c2C)cc1. The molecule has 0 N–H and O–H groups in total. The molecule has 0 fully saturated rings. The predicted octanol–water partition coefficient (Wildman–Crippen LogP) is 8.30. The fourth-order valence-corrected chi connectivity index (χ4v) is 6.04. The van der Waals surface area contributed by atoms with Crippen LogP contribution < -0.4 is 0 Å². The van der Waals surface area contributed by atoms with Gasteiger partial charge in [0.1, 0.15) is 5.69 Å². The number of hydrogen-bond acceptors (Lipinski definition) is 4. The van der Waals surface area contributed by atoms with Gasteiger partial charge in [-0.25, -0.2) is 4.79 Å². The molecule has 0 unspecified atom stereocenters. The van der Waals surface area contributed by atoms with E-state index in [9.17, 15) is 4.79 Å². The largest absolute Gasteiger partial charge is 0.464 e. The Bertz CT molecular complexity index is 1640. The van der Waals surface area contributed by atoms with E-state index in [1.54, 1.807) is 12.1 Å². The number of fused-ring (bicyclic) bond motifs is 1. The third kappa shape index (κ3) is 5.12. The van der Waals surface area contributed by atoms with Gasteiger partial charge in [0.25, 0.3) is 0 Å². The van der Waals surface area contributed by atoms with Crippen molar-refractivity contribution in [1.29, 1.82) is 0 Å². The van der Waals surface area contributed by atoms with Crippen molar-refractivity contribution >= 4 is 63.4 Å². The average Bonchev–Trinajstić information content (AvgIpc) is 3.40. The molecular formula is C28H22Cl3N3O2S. The van der Waals surface area contributed by atoms with Crippen LogP contribution in [0.2, 0.25) is 15.1 Å². The molecule has 9 heteroatoms. The van der Waals surface area contributed by atoms with E-state index in [1.165, 1.54) is 18.9 Å². The van der Waals surface area contributed by atoms with Crippen molar-refractivity contribution in [3.8, 4) is 11.1 Å². The molecule has 3 aromatic carbocycles. The maximum atomic E-state index is 12.8. The highest BCUT2D eigenvalue weighted by Gasteiger charge is 2.20. The molecule has 5 nitrogen and oxygen atoms in total. The van der Waals surface area contributed by atoms with Gasteiger partial charge in [0.15, 0.2) is 0 Å². The second-order valence-corrected chi connectivity index (χ2v) is 10.9. The van der Waals surface area contributed by atoms with Gasteiger partial charge in [-0.3, -0.25) is 4.68 Å². The summed E-state index contributed by atoms with van der Waals surface area (Å²) >= 11 is 20.5. The van der Waals surface area contributed by atoms with Gasteiger partial charge >= 0.3 is 5.97 Å². The molecule has 0 aliphatic carbocycles. The van der Waals surface area contributed by atoms with Gasteiger partial charge in [0, 0.05) is 50.1 Å². The van der Waals surface area contributed by atoms with Crippen LogP contribution in [-0.4, -0.2) is 27.4 Å². The molecule has 0 radical (unpaired) electrons. The van der Waals surface area contributed by atoms with Crippen molar-refractivity contribution in [2.45, 2.75) is 23.3 Å². The van der Waals surface area contributed by atoms with Gasteiger partial charge in [0.2, 0.25) is 0 Å². The summed E-state index contributed by atoms with van der Waals surface area (Å²) in [5.41, 5.74) is 5.57. The molecule has 5 rings (SSSR count). The zero-order valence-electron chi connectivity index (χ0n) is 20.3. The quantitative estimate of drug-likeness (QED) is 0.193. The lowest BCUT2D eigenvalue weighted by molar-refractivity contribution is 0.0589. The minimum atomic E-state index is -0.421. The van der Waals surface area contributed by atoms with Crippen LogP contribution in [-0.2, 0) is 18.3 Å². The monoisotopic (exact) mass is 569 g/mol. The lowest BCUT2D eigenvalue weighted by atomic mass is 10.0. The van der Waals surface area contributed by atoms with Gasteiger partial charge in [-0.1, -0.05) is 70.8 Å². The minimum absolute atomic E-state index is 0.421. The van der Waals surface area contributed by atoms with E-state index in [0.29, 0.717) is 27.3 Å². The number of methoxy groups -OCH3 is 1. The van der Waals surface area contributed by atoms with Crippen molar-refractivity contribution in [2.24, 2.45) is 7.05 Å². The maximum Gasteiger partial charge on any atom is 0.354 e. The Kier molecular flexibility index (Phi) is 7.28. The van der Waals surface area contributed by atoms with Crippen LogP contribution in [0.5, 0.6) is 0 Å². The number of carbonyl (C=O) groups excluding carboxylic acids is 1. The normalized spacial score (nSPS) is 11.3. The van der Waals surface area contributed by atoms with E-state index in [-0.39, 0.29) is 0 Å². The molecule has 0 spiro atoms. The fourth-order valence-electron chi connectivity index (χ4n) is 4.25. The third-order valence-electron chi connectivity index (χ3n) is 6.30. The van der Waals surface area contributed by atoms with Crippen LogP contribution in [0.1, 0.15) is 21.7 Å². The molecule has 0 aliphatic heterocycles. The number of aromatic nitrogens is 3. The number of rotatable bonds is 6. The van der Waals surface area contributed by atoms with Gasteiger partial charge in [-0.2, -0.15) is 5.10 Å². The van der Waals surface area contributed by atoms with Gasteiger partial charge in [0.05, 0.1) is 23.8 Å². The summed E-state index contributed by atoms with van der Waals surface area (Å²) in [7, 11) is 3.31. The minimum Gasteiger partial charge on any atom is -0.464 e. The number of carbonyl (C=O) groups is 1. The first-order chi connectivity index (χ1) is 17.7. The highest BCUT2D eigenvalue weighted by atomic mass is 35.5. The van der Waals surface area contributed by atoms with E-state index in [0.717, 1.165) is 43.1 Å². The first-order valence-corrected chi connectivity index (χ1v) is 13.3. The highest BCUT2D eigenvalue weighted by Crippen LogP contribution is 2.41. The number of halogens is 3. The lowest BCUT2D eigenvalue weighted by Crippen LogP contribution is -2.11. The molecule has 188 valence electrons. The Morgan fingerprint density at radius 2 is 1.73 bits per heavy atom. The molecule has 0 amide bonds. The smallest absolute Gasteiger partial charge is 0.354 e. The van der Waals surface area contributed by atoms with Gasteiger partial charge < -0.3 is 9.30 Å². The Hall–Kier alpha value is -2.90. The van der Waals surface area contributed by atoms with Gasteiger partial charge in [-0.05, 0) is 54.4 Å². The summed E-state index contributed by atoms with van der Waals surface area (Å²) in [6.07, 6.45) is 1.87. The van der Waals surface area contributed by atoms with Crippen molar-refractivity contribution in [3.05, 3.63) is 98.9 Å². The Labute approximate surface area is 233 Å². The third-order valence-corrected chi connectivity index (χ3v) is 8.31. The lowest BCUT2D eigenvalue weighted by Gasteiger charge is -2.12. The van der Waals surface area contributed by atoms with Crippen molar-refractivity contribution in [3.63, 3.8) is 0 Å². The van der Waals surface area contributed by atoms with Crippen LogP contribution in [0.3, 0.4) is 0 Å². The summed E-state index contributed by atoms with van der Waals surface area (Å²) in [6.45, 7) is 2.51. The molecule has 2 heterocycles. The molecular weight excluding hydrogens is 549 g/mol. The molecule has 0 saturated carbocycles. The van der Waals surface area contributed by atoms with Crippen molar-refractivity contribution < 1.29 is 9.53 Å². The van der Waals surface area contributed by atoms with Crippen LogP contribution >= 0.6 is 46.6 Å². The molecule has 37 heavy (non-hydrogen) atoms. The maximum absolute atomic E-state index is 12.8. The van der Waals surface area contributed by atoms with Crippen molar-refractivity contribution in [2.75, 3.05) is 7.11 Å². The Balaban J connectivity index is 1.56. The van der Waals surface area contributed by atoms with E-state index < -0.39 is 5.97 Å². The van der Waals surface area contributed by atoms with E-state index in [2.05, 4.69) is 29.4 Å². The number of nitrogens with zero attached hydrogens (tertiary/aromatic N) is 3. The second-order valence-electron chi connectivity index (χ2n) is 8.59. The zero-order chi connectivity index (χ0) is 26.3. The molecule has 0 aliphatic rings. The van der Waals surface area contributed by atoms with E-state index in [1.807, 2.05) is 53.7 Å². The summed E-state index contributed by atoms with van der Waals surface area (Å²) in [4.78, 5) is 14.5. The fraction of sp³-hybridized carbons (Fsp3) is 0.143. The molecule has 2 aromatic heterocycles. The van der Waals surface area contributed by atoms with E-state index in [4.69, 9.17) is 39.5 Å². The number of benzene rings is 3. The topological polar surface area (TPSA) is 49.1 Å². The molecule has 0 atom stereocenters. The Morgan fingerprint density at radius 3 is 2.38 bits per heavy atom. The molecule has 5 aromatic rings. The molecule has 0 bridgehead atoms. The Morgan fingerprint density at radius 1 is 0.973 bits per heavy atom. The first kappa shape index (κ1) is 25.7. The number of hydrogen-bond donors (Lipinski definition) is 0. The van der Waals surface area contributed by atoms with Crippen LogP contribution in [0.25, 0.3) is 22.0 Å².